The number of hydrogen-bond acceptors (Lipinski definition) is 20. The molecule has 0 aromatic rings. The molecule has 6 unspecified atom stereocenters. The summed E-state index contributed by atoms with van der Waals surface area (Å²) >= 11 is 0. The third-order valence-corrected chi connectivity index (χ3v) is 22.6. The van der Waals surface area contributed by atoms with Crippen molar-refractivity contribution >= 4 is 43.5 Å². The van der Waals surface area contributed by atoms with Gasteiger partial charge in [-0.1, -0.05) is 337 Å². The molecule has 0 spiro atoms. The zero-order chi connectivity index (χ0) is 83.0. The number of unbranched alkanes of at least 4 members (excludes halogenated alkanes) is 44. The number of aliphatic hydroxyl groups is 5. The van der Waals surface area contributed by atoms with E-state index in [1.807, 2.05) is 0 Å². The van der Waals surface area contributed by atoms with E-state index in [1.165, 1.54) is 57.8 Å². The van der Waals surface area contributed by atoms with Crippen LogP contribution in [0.4, 0.5) is 0 Å². The van der Waals surface area contributed by atoms with E-state index in [0.29, 0.717) is 51.4 Å². The molecule has 14 atom stereocenters. The molecule has 0 saturated carbocycles. The van der Waals surface area contributed by atoms with Gasteiger partial charge >= 0.3 is 31.7 Å². The summed E-state index contributed by atoms with van der Waals surface area (Å²) in [5.41, 5.74) is 0. The van der Waals surface area contributed by atoms with Gasteiger partial charge in [0.1, 0.15) is 48.7 Å². The Morgan fingerprint density at radius 3 is 1.09 bits per heavy atom. The van der Waals surface area contributed by atoms with E-state index in [1.54, 1.807) is 0 Å². The molecule has 2 rings (SSSR count). The number of phosphoric acid groups is 1. The number of rotatable bonds is 76. The number of phosphoric ester groups is 1. The minimum Gasteiger partial charge on any atom is -0.462 e. The number of esters is 4. The van der Waals surface area contributed by atoms with Gasteiger partial charge in [0.15, 0.2) is 24.8 Å². The highest BCUT2D eigenvalue weighted by molar-refractivity contribution is 7.46. The number of carbonyl (C=O) groups excluding carboxylic acids is 6. The number of nitrogens with one attached hydrogen (secondary N) is 2. The van der Waals surface area contributed by atoms with Crippen molar-refractivity contribution in [3.05, 3.63) is 0 Å². The van der Waals surface area contributed by atoms with Crippen molar-refractivity contribution in [1.82, 2.24) is 10.6 Å². The van der Waals surface area contributed by atoms with Gasteiger partial charge in [-0.15, -0.1) is 0 Å². The van der Waals surface area contributed by atoms with E-state index in [-0.39, 0.29) is 25.7 Å². The van der Waals surface area contributed by atoms with Gasteiger partial charge in [0, 0.05) is 12.8 Å². The van der Waals surface area contributed by atoms with Crippen molar-refractivity contribution in [3.8, 4) is 0 Å². The van der Waals surface area contributed by atoms with E-state index in [2.05, 4.69) is 52.2 Å². The Labute approximate surface area is 683 Å². The Morgan fingerprint density at radius 1 is 0.372 bits per heavy atom. The van der Waals surface area contributed by atoms with Crippen molar-refractivity contribution in [3.63, 3.8) is 0 Å². The largest absolute Gasteiger partial charge is 0.470 e. The predicted molar refractivity (Wildman–Crippen MR) is 442 cm³/mol. The molecule has 2 aliphatic rings. The van der Waals surface area contributed by atoms with Crippen LogP contribution in [0.5, 0.6) is 0 Å². The van der Waals surface area contributed by atoms with Crippen LogP contribution in [0.25, 0.3) is 0 Å². The number of carbonyl (C=O) groups is 6. The zero-order valence-electron chi connectivity index (χ0n) is 71.6. The summed E-state index contributed by atoms with van der Waals surface area (Å²) in [7, 11) is -5.61. The molecule has 113 heavy (non-hydrogen) atoms. The minimum absolute atomic E-state index is 0.107. The number of hydrogen-bond donors (Lipinski definition) is 9. The first-order valence-corrected chi connectivity index (χ1v) is 47.5. The molecule has 0 aliphatic carbocycles. The lowest BCUT2D eigenvalue weighted by Gasteiger charge is -2.46. The summed E-state index contributed by atoms with van der Waals surface area (Å²) in [4.78, 5) is 106. The summed E-state index contributed by atoms with van der Waals surface area (Å²) in [6.07, 6.45) is 30.4. The number of amides is 2. The van der Waals surface area contributed by atoms with Gasteiger partial charge in [0.25, 0.3) is 0 Å². The smallest absolute Gasteiger partial charge is 0.462 e. The molecule has 664 valence electrons. The Balaban J connectivity index is 2.73. The van der Waals surface area contributed by atoms with Gasteiger partial charge < -0.3 is 79.1 Å². The summed E-state index contributed by atoms with van der Waals surface area (Å²) in [5, 5.41) is 63.0. The lowest BCUT2D eigenvalue weighted by Crippen LogP contribution is -2.68. The SMILES string of the molecule is CCCCCCCCCCCC(O)CC(=O)N[C@@H]1C(O)OC(CO[C@@H]2OC(CO)[C@@H](OP(=O)(O)O)[C@H](OC(=O)C[C@@H](CCCCCCCCCCC)OC(=O)CCCCCCCCC)[C@@H]2NC(=O)CC(CCCCCCCCCCC)OC(=O)CCCCCCCCC)[C@@H](O)[C@@H]1OC(=O)CC(O)CCCCCCCCCCC. The minimum atomic E-state index is -5.61. The second-order valence-electron chi connectivity index (χ2n) is 32.8. The van der Waals surface area contributed by atoms with Gasteiger partial charge in [-0.05, 0) is 51.4 Å². The fourth-order valence-corrected chi connectivity index (χ4v) is 15.9. The fraction of sp³-hybridized carbons (Fsp3) is 0.932. The van der Waals surface area contributed by atoms with Gasteiger partial charge in [-0.25, -0.2) is 4.57 Å². The zero-order valence-corrected chi connectivity index (χ0v) is 72.5. The van der Waals surface area contributed by atoms with Crippen LogP contribution in [0.3, 0.4) is 0 Å². The molecular formula is C88H165N2O22P. The Kier molecular flexibility index (Phi) is 64.9. The highest BCUT2D eigenvalue weighted by Gasteiger charge is 2.54. The summed E-state index contributed by atoms with van der Waals surface area (Å²) in [5.74, 6) is -4.58. The number of aliphatic hydroxyl groups excluding tert-OH is 5. The van der Waals surface area contributed by atoms with E-state index in [4.69, 9.17) is 37.7 Å². The van der Waals surface area contributed by atoms with Crippen LogP contribution >= 0.6 is 7.82 Å². The monoisotopic (exact) mass is 1630 g/mol. The van der Waals surface area contributed by atoms with Crippen LogP contribution in [0.1, 0.15) is 427 Å². The van der Waals surface area contributed by atoms with E-state index in [0.717, 1.165) is 225 Å². The van der Waals surface area contributed by atoms with Crippen molar-refractivity contribution in [2.75, 3.05) is 13.2 Å². The van der Waals surface area contributed by atoms with Crippen molar-refractivity contribution in [2.45, 2.75) is 512 Å². The molecule has 24 nitrogen and oxygen atoms in total. The molecule has 2 aliphatic heterocycles. The third kappa shape index (κ3) is 54.4. The van der Waals surface area contributed by atoms with Crippen LogP contribution in [0, 0.1) is 0 Å². The molecule has 0 radical (unpaired) electrons. The van der Waals surface area contributed by atoms with Crippen molar-refractivity contribution in [1.29, 1.82) is 0 Å². The Bertz CT molecular complexity index is 2410. The molecule has 25 heteroatoms. The molecular weight excluding hydrogens is 1470 g/mol. The van der Waals surface area contributed by atoms with Crippen molar-refractivity contribution in [2.24, 2.45) is 0 Å². The molecule has 0 bridgehead atoms. The van der Waals surface area contributed by atoms with Crippen LogP contribution < -0.4 is 10.6 Å². The fourth-order valence-electron chi connectivity index (χ4n) is 15.3. The van der Waals surface area contributed by atoms with Crippen LogP contribution in [0.2, 0.25) is 0 Å². The predicted octanol–water partition coefficient (Wildman–Crippen LogP) is 18.1. The van der Waals surface area contributed by atoms with Gasteiger partial charge in [-0.2, -0.15) is 0 Å². The van der Waals surface area contributed by atoms with Crippen LogP contribution in [-0.4, -0.2) is 170 Å². The summed E-state index contributed by atoms with van der Waals surface area (Å²) in [6, 6.07) is -3.46. The average molecular weight is 1630 g/mol. The van der Waals surface area contributed by atoms with E-state index < -0.39 is 168 Å². The lowest BCUT2D eigenvalue weighted by atomic mass is 9.95. The maximum Gasteiger partial charge on any atom is 0.470 e. The standard InChI is InChI=1S/C88H165N2O22P/c1-7-13-19-25-31-35-41-45-51-57-69(92)63-75(94)89-81-85(110-79(98)64-70(93)58-52-46-42-36-32-26-20-14-8-2)83(100)74(108-87(81)101)68-105-88-82(90-76(95)65-71(59-53-47-43-37-33-27-21-15-9-3)106-77(96)61-55-49-39-29-23-17-11-5)86(84(73(67-91)109-88)112-113(102,103)104)111-80(99)66-72(60-54-48-44-38-34-28-22-16-10-4)107-78(97)62-56-50-40-30-24-18-12-6/h69-74,81-88,91-93,100-101H,7-68H2,1-6H3,(H,89,94)(H,90,95)(H2,102,103,104)/t69?,70?,71?,72-,73?,74?,81+,82+,83-,84-,85-,86-,87?,88-/m1/s1. The molecule has 2 saturated heterocycles. The quantitative estimate of drug-likeness (QED) is 0.0118. The highest BCUT2D eigenvalue weighted by Crippen LogP contribution is 2.43. The molecule has 9 N–H and O–H groups in total. The molecule has 2 heterocycles. The maximum atomic E-state index is 15.0. The lowest BCUT2D eigenvalue weighted by molar-refractivity contribution is -0.298. The van der Waals surface area contributed by atoms with Crippen molar-refractivity contribution < 1.29 is 106 Å². The first-order chi connectivity index (χ1) is 54.6. The summed E-state index contributed by atoms with van der Waals surface area (Å²) in [6.45, 7) is 11.1. The Morgan fingerprint density at radius 2 is 0.699 bits per heavy atom. The van der Waals surface area contributed by atoms with Gasteiger partial charge in [0.05, 0.1) is 51.1 Å². The first kappa shape index (κ1) is 106. The van der Waals surface area contributed by atoms with Crippen LogP contribution in [0.15, 0.2) is 0 Å². The molecule has 2 amide bonds. The maximum absolute atomic E-state index is 15.0. The van der Waals surface area contributed by atoms with E-state index >= 15 is 4.79 Å². The van der Waals surface area contributed by atoms with Gasteiger partial charge in [0.2, 0.25) is 11.8 Å². The third-order valence-electron chi connectivity index (χ3n) is 22.1. The molecule has 2 fully saturated rings. The summed E-state index contributed by atoms with van der Waals surface area (Å²) < 4.78 is 61.5. The topological polar surface area (TPSA) is 359 Å². The van der Waals surface area contributed by atoms with Crippen LogP contribution in [-0.2, 0) is 71.0 Å². The Hall–Kier alpha value is -3.39. The second kappa shape index (κ2) is 69.4. The molecule has 0 aromatic heterocycles. The average Bonchev–Trinajstić information content (AvgIpc) is 0.782. The van der Waals surface area contributed by atoms with Gasteiger partial charge in [-0.3, -0.25) is 33.3 Å². The first-order valence-electron chi connectivity index (χ1n) is 46.0. The van der Waals surface area contributed by atoms with E-state index in [9.17, 15) is 63.9 Å². The number of ether oxygens (including phenoxy) is 7. The molecule has 0 aromatic carbocycles. The normalized spacial score (nSPS) is 21.0. The highest BCUT2D eigenvalue weighted by atomic mass is 31.2. The second-order valence-corrected chi connectivity index (χ2v) is 34.0.